The highest BCUT2D eigenvalue weighted by molar-refractivity contribution is 7.09. The molecule has 90 valence electrons. The highest BCUT2D eigenvalue weighted by atomic mass is 32.1. The Morgan fingerprint density at radius 2 is 2.11 bits per heavy atom. The van der Waals surface area contributed by atoms with Crippen molar-refractivity contribution in [1.82, 2.24) is 9.97 Å². The molecule has 0 radical (unpaired) electrons. The molecule has 3 rings (SSSR count). The molecule has 0 saturated heterocycles. The summed E-state index contributed by atoms with van der Waals surface area (Å²) >= 11 is 1.46. The van der Waals surface area contributed by atoms with Crippen molar-refractivity contribution in [3.05, 3.63) is 58.2 Å². The largest absolute Gasteiger partial charge is 0.383 e. The van der Waals surface area contributed by atoms with Crippen molar-refractivity contribution in [1.29, 1.82) is 0 Å². The van der Waals surface area contributed by atoms with Crippen molar-refractivity contribution in [3.63, 3.8) is 0 Å². The molecule has 1 unspecified atom stereocenters. The Morgan fingerprint density at radius 3 is 2.89 bits per heavy atom. The van der Waals surface area contributed by atoms with Crippen molar-refractivity contribution in [2.24, 2.45) is 0 Å². The maximum absolute atomic E-state index is 10.2. The molecule has 1 aromatic carbocycles. The first kappa shape index (κ1) is 11.3. The van der Waals surface area contributed by atoms with E-state index in [1.165, 1.54) is 11.3 Å². The summed E-state index contributed by atoms with van der Waals surface area (Å²) in [4.78, 5) is 9.29. The van der Waals surface area contributed by atoms with Gasteiger partial charge in [-0.25, -0.2) is 0 Å². The summed E-state index contributed by atoms with van der Waals surface area (Å²) in [6.07, 6.45) is 1.09. The van der Waals surface area contributed by atoms with E-state index < -0.39 is 6.10 Å². The zero-order valence-corrected chi connectivity index (χ0v) is 10.7. The van der Waals surface area contributed by atoms with Gasteiger partial charge in [-0.05, 0) is 30.7 Å². The molecule has 0 fully saturated rings. The Labute approximate surface area is 109 Å². The number of aliphatic hydroxyl groups is 1. The number of aromatic nitrogens is 2. The third-order valence-corrected chi connectivity index (χ3v) is 3.72. The molecule has 0 aliphatic carbocycles. The lowest BCUT2D eigenvalue weighted by Gasteiger charge is -2.09. The second-order valence-corrected chi connectivity index (χ2v) is 5.13. The fraction of sp³-hybridized carbons (Fsp3) is 0.143. The average molecular weight is 256 g/mol. The molecule has 2 heterocycles. The average Bonchev–Trinajstić information content (AvgIpc) is 2.91. The second-order valence-electron chi connectivity index (χ2n) is 4.21. The molecule has 18 heavy (non-hydrogen) atoms. The smallest absolute Gasteiger partial charge is 0.115 e. The first-order chi connectivity index (χ1) is 8.74. The summed E-state index contributed by atoms with van der Waals surface area (Å²) in [6.45, 7) is 1.97. The molecule has 0 bridgehead atoms. The van der Waals surface area contributed by atoms with Crippen LogP contribution in [0.4, 0.5) is 0 Å². The van der Waals surface area contributed by atoms with E-state index >= 15 is 0 Å². The van der Waals surface area contributed by atoms with Gasteiger partial charge in [-0.2, -0.15) is 0 Å². The first-order valence-corrected chi connectivity index (χ1v) is 6.56. The Hall–Kier alpha value is -1.78. The third-order valence-electron chi connectivity index (χ3n) is 2.89. The summed E-state index contributed by atoms with van der Waals surface area (Å²) in [6, 6.07) is 9.85. The first-order valence-electron chi connectivity index (χ1n) is 5.68. The summed E-state index contributed by atoms with van der Waals surface area (Å²) < 4.78 is 0. The molecule has 0 aliphatic rings. The van der Waals surface area contributed by atoms with Gasteiger partial charge in [0.2, 0.25) is 0 Å². The van der Waals surface area contributed by atoms with E-state index in [9.17, 15) is 5.11 Å². The van der Waals surface area contributed by atoms with E-state index in [2.05, 4.69) is 9.97 Å². The van der Waals surface area contributed by atoms with Gasteiger partial charge in [-0.15, -0.1) is 11.3 Å². The topological polar surface area (TPSA) is 46.0 Å². The van der Waals surface area contributed by atoms with Gasteiger partial charge in [-0.1, -0.05) is 12.1 Å². The van der Waals surface area contributed by atoms with Crippen LogP contribution in [0.3, 0.4) is 0 Å². The van der Waals surface area contributed by atoms with Crippen molar-refractivity contribution in [2.75, 3.05) is 0 Å². The Morgan fingerprint density at radius 1 is 1.22 bits per heavy atom. The fourth-order valence-corrected chi connectivity index (χ4v) is 2.57. The fourth-order valence-electron chi connectivity index (χ4n) is 1.94. The number of aryl methyl sites for hydroxylation is 1. The van der Waals surface area contributed by atoms with Crippen molar-refractivity contribution in [2.45, 2.75) is 13.0 Å². The van der Waals surface area contributed by atoms with Crippen LogP contribution in [-0.4, -0.2) is 15.1 Å². The quantitative estimate of drug-likeness (QED) is 0.766. The Kier molecular flexibility index (Phi) is 2.81. The van der Waals surface area contributed by atoms with Gasteiger partial charge < -0.3 is 5.11 Å². The van der Waals surface area contributed by atoms with Crippen LogP contribution in [0.2, 0.25) is 0 Å². The van der Waals surface area contributed by atoms with Gasteiger partial charge in [0.1, 0.15) is 6.10 Å². The predicted octanol–water partition coefficient (Wildman–Crippen LogP) is 3.08. The van der Waals surface area contributed by atoms with Gasteiger partial charge in [0.25, 0.3) is 0 Å². The van der Waals surface area contributed by atoms with Crippen LogP contribution < -0.4 is 0 Å². The minimum absolute atomic E-state index is 0.608. The number of thiazole rings is 1. The van der Waals surface area contributed by atoms with Crippen LogP contribution in [0.5, 0.6) is 0 Å². The van der Waals surface area contributed by atoms with Crippen molar-refractivity contribution in [3.8, 4) is 0 Å². The minimum atomic E-state index is -0.608. The summed E-state index contributed by atoms with van der Waals surface area (Å²) in [5, 5.41) is 11.3. The van der Waals surface area contributed by atoms with Gasteiger partial charge >= 0.3 is 0 Å². The van der Waals surface area contributed by atoms with Gasteiger partial charge in [0.15, 0.2) is 0 Å². The molecule has 1 atom stereocenters. The molecular weight excluding hydrogens is 244 g/mol. The summed E-state index contributed by atoms with van der Waals surface area (Å²) in [5.41, 5.74) is 4.55. The molecule has 0 saturated carbocycles. The standard InChI is InChI=1S/C14H12N2OS/c1-9-2-3-10-6-11(4-5-12(10)16-9)14(17)13-7-15-8-18-13/h2-8,14,17H,1H3. The molecular formula is C14H12N2OS. The number of rotatable bonds is 2. The summed E-state index contributed by atoms with van der Waals surface area (Å²) in [5.74, 6) is 0. The molecule has 1 N–H and O–H groups in total. The molecule has 0 spiro atoms. The Bertz CT molecular complexity index is 679. The van der Waals surface area contributed by atoms with Gasteiger partial charge in [0, 0.05) is 17.3 Å². The van der Waals surface area contributed by atoms with Crippen LogP contribution in [0.15, 0.2) is 42.0 Å². The van der Waals surface area contributed by atoms with E-state index in [0.29, 0.717) is 0 Å². The number of nitrogens with zero attached hydrogens (tertiary/aromatic N) is 2. The van der Waals surface area contributed by atoms with E-state index in [4.69, 9.17) is 0 Å². The van der Waals surface area contributed by atoms with Crippen LogP contribution in [0.1, 0.15) is 22.2 Å². The van der Waals surface area contributed by atoms with Crippen molar-refractivity contribution >= 4 is 22.2 Å². The number of fused-ring (bicyclic) bond motifs is 1. The number of benzene rings is 1. The lowest BCUT2D eigenvalue weighted by atomic mass is 10.1. The van der Waals surface area contributed by atoms with Gasteiger partial charge in [0.05, 0.1) is 15.9 Å². The second kappa shape index (κ2) is 4.48. The zero-order valence-electron chi connectivity index (χ0n) is 9.87. The minimum Gasteiger partial charge on any atom is -0.383 e. The highest BCUT2D eigenvalue weighted by Gasteiger charge is 2.12. The molecule has 0 amide bonds. The lowest BCUT2D eigenvalue weighted by Crippen LogP contribution is -1.97. The molecule has 2 aromatic heterocycles. The molecule has 0 aliphatic heterocycles. The number of aliphatic hydroxyl groups excluding tert-OH is 1. The lowest BCUT2D eigenvalue weighted by molar-refractivity contribution is 0.224. The number of pyridine rings is 1. The third kappa shape index (κ3) is 2.00. The van der Waals surface area contributed by atoms with Crippen LogP contribution >= 0.6 is 11.3 Å². The number of hydrogen-bond acceptors (Lipinski definition) is 4. The van der Waals surface area contributed by atoms with Crippen molar-refractivity contribution < 1.29 is 5.11 Å². The predicted molar refractivity (Wildman–Crippen MR) is 72.7 cm³/mol. The van der Waals surface area contributed by atoms with Crippen LogP contribution in [0, 0.1) is 6.92 Å². The van der Waals surface area contributed by atoms with E-state index in [-0.39, 0.29) is 0 Å². The van der Waals surface area contributed by atoms with E-state index in [1.54, 1.807) is 11.7 Å². The normalized spacial score (nSPS) is 12.8. The SMILES string of the molecule is Cc1ccc2cc(C(O)c3cncs3)ccc2n1. The highest BCUT2D eigenvalue weighted by Crippen LogP contribution is 2.26. The van der Waals surface area contributed by atoms with Crippen LogP contribution in [0.25, 0.3) is 10.9 Å². The van der Waals surface area contributed by atoms with Crippen LogP contribution in [-0.2, 0) is 0 Å². The van der Waals surface area contributed by atoms with E-state index in [0.717, 1.165) is 27.0 Å². The maximum atomic E-state index is 10.2. The zero-order chi connectivity index (χ0) is 12.5. The molecule has 4 heteroatoms. The molecule has 3 aromatic rings. The summed E-state index contributed by atoms with van der Waals surface area (Å²) in [7, 11) is 0. The number of hydrogen-bond donors (Lipinski definition) is 1. The monoisotopic (exact) mass is 256 g/mol. The van der Waals surface area contributed by atoms with E-state index in [1.807, 2.05) is 37.3 Å². The maximum Gasteiger partial charge on any atom is 0.115 e. The molecule has 3 nitrogen and oxygen atoms in total. The van der Waals surface area contributed by atoms with Gasteiger partial charge in [-0.3, -0.25) is 9.97 Å². The Balaban J connectivity index is 2.06.